The number of rotatable bonds is 8. The van der Waals surface area contributed by atoms with Crippen LogP contribution in [0.1, 0.15) is 51.5 Å². The second kappa shape index (κ2) is 8.55. The van der Waals surface area contributed by atoms with Crippen LogP contribution >= 0.6 is 11.6 Å². The van der Waals surface area contributed by atoms with Crippen LogP contribution in [-0.4, -0.2) is 13.1 Å². The van der Waals surface area contributed by atoms with Gasteiger partial charge in [0.25, 0.3) is 0 Å². The lowest BCUT2D eigenvalue weighted by Gasteiger charge is -2.22. The monoisotopic (exact) mass is 267 g/mol. The molecule has 102 valence electrons. The van der Waals surface area contributed by atoms with E-state index >= 15 is 0 Å². The Labute approximate surface area is 117 Å². The molecule has 0 saturated heterocycles. The normalized spacial score (nSPS) is 14.4. The van der Waals surface area contributed by atoms with E-state index in [0.29, 0.717) is 5.92 Å². The number of likely N-dealkylation sites (N-methyl/N-ethyl adjacent to an activating group) is 1. The first kappa shape index (κ1) is 15.5. The Morgan fingerprint density at radius 3 is 2.56 bits per heavy atom. The van der Waals surface area contributed by atoms with Gasteiger partial charge in [0.15, 0.2) is 0 Å². The van der Waals surface area contributed by atoms with Crippen molar-refractivity contribution in [2.75, 3.05) is 13.1 Å². The molecule has 1 rings (SSSR count). The van der Waals surface area contributed by atoms with Gasteiger partial charge in [0, 0.05) is 11.6 Å². The predicted molar refractivity (Wildman–Crippen MR) is 81.4 cm³/mol. The van der Waals surface area contributed by atoms with Crippen molar-refractivity contribution in [3.05, 3.63) is 34.9 Å². The zero-order valence-corrected chi connectivity index (χ0v) is 12.6. The summed E-state index contributed by atoms with van der Waals surface area (Å²) in [6.07, 6.45) is 3.77. The van der Waals surface area contributed by atoms with Gasteiger partial charge in [-0.3, -0.25) is 0 Å². The second-order valence-corrected chi connectivity index (χ2v) is 5.56. The molecule has 0 saturated carbocycles. The van der Waals surface area contributed by atoms with Gasteiger partial charge in [-0.15, -0.1) is 0 Å². The van der Waals surface area contributed by atoms with Gasteiger partial charge in [-0.1, -0.05) is 63.4 Å². The van der Waals surface area contributed by atoms with Crippen LogP contribution in [0.5, 0.6) is 0 Å². The molecule has 1 aromatic rings. The summed E-state index contributed by atoms with van der Waals surface area (Å²) in [5, 5.41) is 4.37. The fraction of sp³-hybridized carbons (Fsp3) is 0.625. The van der Waals surface area contributed by atoms with Crippen molar-refractivity contribution in [3.63, 3.8) is 0 Å². The molecule has 18 heavy (non-hydrogen) atoms. The quantitative estimate of drug-likeness (QED) is 0.709. The Bertz CT molecular complexity index is 338. The summed E-state index contributed by atoms with van der Waals surface area (Å²) in [7, 11) is 0. The lowest BCUT2D eigenvalue weighted by Crippen LogP contribution is -2.23. The first-order valence-electron chi connectivity index (χ1n) is 7.14. The average Bonchev–Trinajstić information content (AvgIpc) is 2.35. The van der Waals surface area contributed by atoms with Crippen molar-refractivity contribution in [3.8, 4) is 0 Å². The maximum atomic E-state index is 6.33. The second-order valence-electron chi connectivity index (χ2n) is 5.16. The highest BCUT2D eigenvalue weighted by molar-refractivity contribution is 6.31. The summed E-state index contributed by atoms with van der Waals surface area (Å²) in [5.41, 5.74) is 1.29. The molecular formula is C16H26ClN. The smallest absolute Gasteiger partial charge is 0.0441 e. The van der Waals surface area contributed by atoms with Crippen LogP contribution < -0.4 is 5.32 Å². The van der Waals surface area contributed by atoms with Crippen LogP contribution in [0.4, 0.5) is 0 Å². The summed E-state index contributed by atoms with van der Waals surface area (Å²) in [5.74, 6) is 1.29. The van der Waals surface area contributed by atoms with Crippen LogP contribution in [0.3, 0.4) is 0 Å². The number of hydrogen-bond donors (Lipinski definition) is 1. The summed E-state index contributed by atoms with van der Waals surface area (Å²) in [6, 6.07) is 8.26. The van der Waals surface area contributed by atoms with Gasteiger partial charge in [-0.05, 0) is 36.4 Å². The molecule has 2 atom stereocenters. The van der Waals surface area contributed by atoms with Crippen LogP contribution in [0.25, 0.3) is 0 Å². The van der Waals surface area contributed by atoms with E-state index in [1.165, 1.54) is 24.8 Å². The van der Waals surface area contributed by atoms with Gasteiger partial charge in [0.05, 0.1) is 0 Å². The highest BCUT2D eigenvalue weighted by Crippen LogP contribution is 2.30. The first-order chi connectivity index (χ1) is 8.69. The number of nitrogens with one attached hydrogen (secondary N) is 1. The van der Waals surface area contributed by atoms with E-state index in [1.54, 1.807) is 0 Å². The van der Waals surface area contributed by atoms with Crippen LogP contribution in [0.15, 0.2) is 24.3 Å². The van der Waals surface area contributed by atoms with E-state index in [9.17, 15) is 0 Å². The van der Waals surface area contributed by atoms with Crippen molar-refractivity contribution < 1.29 is 0 Å². The third kappa shape index (κ3) is 4.99. The molecular weight excluding hydrogens is 242 g/mol. The van der Waals surface area contributed by atoms with Gasteiger partial charge >= 0.3 is 0 Å². The van der Waals surface area contributed by atoms with E-state index in [-0.39, 0.29) is 0 Å². The maximum Gasteiger partial charge on any atom is 0.0441 e. The molecule has 2 heteroatoms. The van der Waals surface area contributed by atoms with Crippen molar-refractivity contribution in [2.45, 2.75) is 46.0 Å². The Morgan fingerprint density at radius 1 is 1.22 bits per heavy atom. The van der Waals surface area contributed by atoms with E-state index in [0.717, 1.165) is 24.0 Å². The fourth-order valence-corrected chi connectivity index (χ4v) is 2.83. The highest BCUT2D eigenvalue weighted by atomic mass is 35.5. The van der Waals surface area contributed by atoms with Crippen molar-refractivity contribution >= 4 is 11.6 Å². The topological polar surface area (TPSA) is 12.0 Å². The molecule has 0 bridgehead atoms. The summed E-state index contributed by atoms with van der Waals surface area (Å²) in [4.78, 5) is 0. The van der Waals surface area contributed by atoms with Crippen LogP contribution in [0, 0.1) is 5.92 Å². The molecule has 1 N–H and O–H groups in total. The van der Waals surface area contributed by atoms with Gasteiger partial charge in [0.1, 0.15) is 0 Å². The van der Waals surface area contributed by atoms with E-state index in [1.807, 2.05) is 12.1 Å². The SMILES string of the molecule is CCCC(C)CC(CNCC)c1ccccc1Cl. The first-order valence-corrected chi connectivity index (χ1v) is 7.51. The average molecular weight is 268 g/mol. The lowest BCUT2D eigenvalue weighted by molar-refractivity contribution is 0.422. The minimum atomic E-state index is 0.528. The van der Waals surface area contributed by atoms with Crippen LogP contribution in [0.2, 0.25) is 5.02 Å². The van der Waals surface area contributed by atoms with Crippen LogP contribution in [-0.2, 0) is 0 Å². The third-order valence-electron chi connectivity index (χ3n) is 3.45. The fourth-order valence-electron chi connectivity index (χ4n) is 2.54. The molecule has 0 heterocycles. The molecule has 0 aliphatic heterocycles. The Balaban J connectivity index is 2.74. The molecule has 2 unspecified atom stereocenters. The lowest BCUT2D eigenvalue weighted by atomic mass is 9.87. The van der Waals surface area contributed by atoms with E-state index in [2.05, 4.69) is 38.2 Å². The Kier molecular flexibility index (Phi) is 7.38. The Hall–Kier alpha value is -0.530. The number of halogens is 1. The van der Waals surface area contributed by atoms with Gasteiger partial charge in [-0.25, -0.2) is 0 Å². The molecule has 0 aliphatic carbocycles. The van der Waals surface area contributed by atoms with Crippen molar-refractivity contribution in [1.82, 2.24) is 5.32 Å². The molecule has 1 aromatic carbocycles. The van der Waals surface area contributed by atoms with E-state index in [4.69, 9.17) is 11.6 Å². The zero-order chi connectivity index (χ0) is 13.4. The molecule has 1 nitrogen and oxygen atoms in total. The maximum absolute atomic E-state index is 6.33. The van der Waals surface area contributed by atoms with Crippen molar-refractivity contribution in [1.29, 1.82) is 0 Å². The minimum Gasteiger partial charge on any atom is -0.316 e. The summed E-state index contributed by atoms with van der Waals surface area (Å²) >= 11 is 6.33. The molecule has 0 radical (unpaired) electrons. The number of benzene rings is 1. The zero-order valence-electron chi connectivity index (χ0n) is 11.9. The highest BCUT2D eigenvalue weighted by Gasteiger charge is 2.16. The van der Waals surface area contributed by atoms with Gasteiger partial charge in [-0.2, -0.15) is 0 Å². The third-order valence-corrected chi connectivity index (χ3v) is 3.80. The largest absolute Gasteiger partial charge is 0.316 e. The summed E-state index contributed by atoms with van der Waals surface area (Å²) in [6.45, 7) is 8.79. The number of hydrogen-bond acceptors (Lipinski definition) is 1. The molecule has 0 fully saturated rings. The molecule has 0 amide bonds. The van der Waals surface area contributed by atoms with E-state index < -0.39 is 0 Å². The summed E-state index contributed by atoms with van der Waals surface area (Å²) < 4.78 is 0. The minimum absolute atomic E-state index is 0.528. The Morgan fingerprint density at radius 2 is 1.94 bits per heavy atom. The molecule has 0 spiro atoms. The molecule has 0 aromatic heterocycles. The van der Waals surface area contributed by atoms with Gasteiger partial charge < -0.3 is 5.32 Å². The molecule has 0 aliphatic rings. The van der Waals surface area contributed by atoms with Crippen molar-refractivity contribution in [2.24, 2.45) is 5.92 Å². The standard InChI is InChI=1S/C16H26ClN/c1-4-8-13(3)11-14(12-18-5-2)15-9-6-7-10-16(15)17/h6-7,9-10,13-14,18H,4-5,8,11-12H2,1-3H3. The van der Waals surface area contributed by atoms with Gasteiger partial charge in [0.2, 0.25) is 0 Å². The predicted octanol–water partition coefficient (Wildman–Crippen LogP) is 4.86.